The molecule has 1 saturated heterocycles. The van der Waals surface area contributed by atoms with Gasteiger partial charge in [0.25, 0.3) is 5.91 Å². The summed E-state index contributed by atoms with van der Waals surface area (Å²) < 4.78 is 82.2. The van der Waals surface area contributed by atoms with Gasteiger partial charge in [-0.05, 0) is 37.5 Å². The van der Waals surface area contributed by atoms with Gasteiger partial charge < -0.3 is 9.64 Å². The Hall–Kier alpha value is -3.14. The Balaban J connectivity index is 1.77. The first-order valence-corrected chi connectivity index (χ1v) is 10.0. The third kappa shape index (κ3) is 3.92. The number of nitrogens with zero attached hydrogens (tertiary/aromatic N) is 4. The number of rotatable bonds is 3. The Morgan fingerprint density at radius 2 is 1.85 bits per heavy atom. The van der Waals surface area contributed by atoms with Crippen molar-refractivity contribution in [2.45, 2.75) is 42.8 Å². The predicted molar refractivity (Wildman–Crippen MR) is 106 cm³/mol. The van der Waals surface area contributed by atoms with E-state index in [0.29, 0.717) is 25.3 Å². The van der Waals surface area contributed by atoms with E-state index in [1.807, 2.05) is 0 Å². The van der Waals surface area contributed by atoms with Gasteiger partial charge in [0.2, 0.25) is 0 Å². The smallest absolute Gasteiger partial charge is 0.406 e. The van der Waals surface area contributed by atoms with Crippen LogP contribution in [0, 0.1) is 11.3 Å². The molecular weight excluding hydrogens is 474 g/mol. The van der Waals surface area contributed by atoms with E-state index in [4.69, 9.17) is 5.26 Å². The van der Waals surface area contributed by atoms with E-state index in [1.165, 1.54) is 23.1 Å². The molecule has 4 rings (SSSR count). The molecule has 174 valence electrons. The van der Waals surface area contributed by atoms with E-state index in [-0.39, 0.29) is 11.4 Å². The Labute approximate surface area is 188 Å². The van der Waals surface area contributed by atoms with E-state index in [1.54, 1.807) is 0 Å². The molecule has 1 aliphatic carbocycles. The van der Waals surface area contributed by atoms with Gasteiger partial charge >= 0.3 is 12.5 Å². The molecule has 1 amide bonds. The predicted octanol–water partition coefficient (Wildman–Crippen LogP) is 4.86. The molecule has 0 bridgehead atoms. The lowest BCUT2D eigenvalue weighted by atomic mass is 9.75. The Bertz CT molecular complexity index is 1140. The van der Waals surface area contributed by atoms with Crippen molar-refractivity contribution in [3.05, 3.63) is 47.8 Å². The van der Waals surface area contributed by atoms with Crippen LogP contribution in [-0.2, 0) is 11.0 Å². The largest absolute Gasteiger partial charge is 0.573 e. The Morgan fingerprint density at radius 1 is 1.15 bits per heavy atom. The summed E-state index contributed by atoms with van der Waals surface area (Å²) in [5, 5.41) is 8.96. The van der Waals surface area contributed by atoms with Crippen LogP contribution in [-0.4, -0.2) is 28.3 Å². The van der Waals surface area contributed by atoms with Crippen LogP contribution >= 0.6 is 12.6 Å². The number of benzene rings is 1. The zero-order valence-electron chi connectivity index (χ0n) is 16.5. The first-order valence-electron chi connectivity index (χ1n) is 9.52. The zero-order valence-corrected chi connectivity index (χ0v) is 17.4. The number of pyridine rings is 1. The van der Waals surface area contributed by atoms with Crippen molar-refractivity contribution >= 4 is 29.9 Å². The highest BCUT2D eigenvalue weighted by atomic mass is 32.1. The molecule has 2 fully saturated rings. The summed E-state index contributed by atoms with van der Waals surface area (Å²) in [5.74, 6) is -1.07. The SMILES string of the molecule is N#Cc1ncc(N2C(=O)C3(CCC3)N(c3cccc(OC(F)(F)F)c3)C2S)cc1C(F)(F)F. The number of aromatic nitrogens is 1. The number of carbonyl (C=O) groups is 1. The molecule has 6 nitrogen and oxygen atoms in total. The maximum Gasteiger partial charge on any atom is 0.573 e. The molecule has 13 heteroatoms. The van der Waals surface area contributed by atoms with Gasteiger partial charge in [0.15, 0.2) is 11.2 Å². The number of amides is 1. The summed E-state index contributed by atoms with van der Waals surface area (Å²) in [4.78, 5) is 19.4. The molecule has 33 heavy (non-hydrogen) atoms. The quantitative estimate of drug-likeness (QED) is 0.494. The first-order chi connectivity index (χ1) is 15.4. The van der Waals surface area contributed by atoms with Crippen LogP contribution in [0.4, 0.5) is 37.7 Å². The number of hydrogen-bond donors (Lipinski definition) is 1. The molecule has 1 spiro atoms. The summed E-state index contributed by atoms with van der Waals surface area (Å²) in [5.41, 5.74) is -4.53. The summed E-state index contributed by atoms with van der Waals surface area (Å²) in [7, 11) is 0. The Kier molecular flexibility index (Phi) is 5.39. The number of nitriles is 1. The molecule has 1 aromatic heterocycles. The molecule has 1 unspecified atom stereocenters. The van der Waals surface area contributed by atoms with E-state index in [2.05, 4.69) is 22.3 Å². The number of ether oxygens (including phenoxy) is 1. The maximum atomic E-state index is 13.4. The molecule has 1 aliphatic heterocycles. The minimum atomic E-state index is -4.93. The van der Waals surface area contributed by atoms with Gasteiger partial charge in [-0.25, -0.2) is 4.98 Å². The zero-order chi connectivity index (χ0) is 24.2. The fourth-order valence-corrected chi connectivity index (χ4v) is 4.68. The highest BCUT2D eigenvalue weighted by molar-refractivity contribution is 7.81. The molecule has 2 heterocycles. The van der Waals surface area contributed by atoms with Gasteiger partial charge in [-0.1, -0.05) is 6.07 Å². The molecule has 2 aliphatic rings. The summed E-state index contributed by atoms with van der Waals surface area (Å²) in [6, 6.07) is 6.96. The molecule has 1 atom stereocenters. The summed E-state index contributed by atoms with van der Waals surface area (Å²) in [6.45, 7) is 0. The molecule has 1 aromatic carbocycles. The van der Waals surface area contributed by atoms with Gasteiger partial charge in [0.05, 0.1) is 17.4 Å². The normalized spacial score (nSPS) is 20.1. The lowest BCUT2D eigenvalue weighted by Gasteiger charge is -2.44. The van der Waals surface area contributed by atoms with Gasteiger partial charge in [0.1, 0.15) is 17.4 Å². The van der Waals surface area contributed by atoms with E-state index < -0.39 is 46.5 Å². The van der Waals surface area contributed by atoms with Crippen LogP contribution in [0.2, 0.25) is 0 Å². The third-order valence-corrected chi connectivity index (χ3v) is 6.07. The molecule has 2 aromatic rings. The van der Waals surface area contributed by atoms with Crippen LogP contribution in [0.25, 0.3) is 0 Å². The fraction of sp³-hybridized carbons (Fsp3) is 0.350. The number of hydrogen-bond acceptors (Lipinski definition) is 6. The number of alkyl halides is 6. The van der Waals surface area contributed by atoms with Gasteiger partial charge in [-0.2, -0.15) is 18.4 Å². The minimum absolute atomic E-state index is 0.185. The monoisotopic (exact) mass is 488 g/mol. The van der Waals surface area contributed by atoms with Gasteiger partial charge in [-0.3, -0.25) is 9.69 Å². The van der Waals surface area contributed by atoms with E-state index in [9.17, 15) is 31.1 Å². The standard InChI is InChI=1S/C20H14F6N4O2S/c21-19(22,23)14-8-12(10-28-15(14)9-27)29-16(31)18(5-2-6-18)30(17(29)33)11-3-1-4-13(7-11)32-20(24,25)26/h1,3-4,7-8,10,17,33H,2,5-6H2. The number of thiol groups is 1. The van der Waals surface area contributed by atoms with Crippen LogP contribution in [0.15, 0.2) is 36.5 Å². The highest BCUT2D eigenvalue weighted by Gasteiger charge is 2.60. The van der Waals surface area contributed by atoms with Crippen LogP contribution in [0.3, 0.4) is 0 Å². The van der Waals surface area contributed by atoms with E-state index in [0.717, 1.165) is 23.2 Å². The second-order valence-corrected chi connectivity index (χ2v) is 7.98. The maximum absolute atomic E-state index is 13.4. The van der Waals surface area contributed by atoms with Crippen molar-refractivity contribution in [1.82, 2.24) is 4.98 Å². The average molecular weight is 488 g/mol. The minimum Gasteiger partial charge on any atom is -0.406 e. The van der Waals surface area contributed by atoms with Crippen molar-refractivity contribution in [3.63, 3.8) is 0 Å². The van der Waals surface area contributed by atoms with E-state index >= 15 is 0 Å². The van der Waals surface area contributed by atoms with Crippen molar-refractivity contribution in [1.29, 1.82) is 5.26 Å². The number of halogens is 6. The Morgan fingerprint density at radius 3 is 2.39 bits per heavy atom. The second kappa shape index (κ2) is 7.72. The second-order valence-electron chi connectivity index (χ2n) is 7.52. The summed E-state index contributed by atoms with van der Waals surface area (Å²) >= 11 is 4.44. The summed E-state index contributed by atoms with van der Waals surface area (Å²) in [6.07, 6.45) is -7.55. The molecule has 1 saturated carbocycles. The van der Waals surface area contributed by atoms with Crippen molar-refractivity contribution in [2.24, 2.45) is 0 Å². The number of anilines is 2. The van der Waals surface area contributed by atoms with Crippen molar-refractivity contribution in [3.8, 4) is 11.8 Å². The lowest BCUT2D eigenvalue weighted by molar-refractivity contribution is -0.274. The lowest BCUT2D eigenvalue weighted by Crippen LogP contribution is -2.55. The van der Waals surface area contributed by atoms with Crippen molar-refractivity contribution in [2.75, 3.05) is 9.80 Å². The molecular formula is C20H14F6N4O2S. The molecule has 0 N–H and O–H groups in total. The van der Waals surface area contributed by atoms with Crippen LogP contribution < -0.4 is 14.5 Å². The number of carbonyl (C=O) groups excluding carboxylic acids is 1. The van der Waals surface area contributed by atoms with Crippen LogP contribution in [0.5, 0.6) is 5.75 Å². The third-order valence-electron chi connectivity index (χ3n) is 5.61. The van der Waals surface area contributed by atoms with Gasteiger partial charge in [0, 0.05) is 11.8 Å². The highest BCUT2D eigenvalue weighted by Crippen LogP contribution is 2.51. The van der Waals surface area contributed by atoms with Crippen LogP contribution in [0.1, 0.15) is 30.5 Å². The fourth-order valence-electron chi connectivity index (χ4n) is 4.09. The average Bonchev–Trinajstić information content (AvgIpc) is 2.92. The van der Waals surface area contributed by atoms with Crippen molar-refractivity contribution < 1.29 is 35.9 Å². The topological polar surface area (TPSA) is 69.5 Å². The molecule has 0 radical (unpaired) electrons. The van der Waals surface area contributed by atoms with Gasteiger partial charge in [-0.15, -0.1) is 25.8 Å². The first kappa shape index (κ1) is 23.0.